The second-order valence-corrected chi connectivity index (χ2v) is 8.21. The molecular formula is C22H31FN4OS. The first kappa shape index (κ1) is 22.0. The van der Waals surface area contributed by atoms with Crippen LogP contribution in [0.3, 0.4) is 0 Å². The fraction of sp³-hybridized carbons (Fsp3) is 0.500. The number of pyridine rings is 1. The Hall–Kier alpha value is -1.67. The van der Waals surface area contributed by atoms with Crippen molar-refractivity contribution in [2.45, 2.75) is 49.6 Å². The molecule has 2 aliphatic rings. The molecule has 1 aliphatic carbocycles. The van der Waals surface area contributed by atoms with Crippen molar-refractivity contribution in [3.63, 3.8) is 0 Å². The summed E-state index contributed by atoms with van der Waals surface area (Å²) in [5, 5.41) is 0. The smallest absolute Gasteiger partial charge is 0.128 e. The van der Waals surface area contributed by atoms with Crippen molar-refractivity contribution in [1.82, 2.24) is 9.71 Å². The van der Waals surface area contributed by atoms with E-state index in [-0.39, 0.29) is 12.4 Å². The van der Waals surface area contributed by atoms with Crippen LogP contribution in [0.5, 0.6) is 0 Å². The number of hydrogen-bond donors (Lipinski definition) is 2. The molecule has 3 N–H and O–H groups in total. The van der Waals surface area contributed by atoms with Gasteiger partial charge in [-0.15, -0.1) is 0 Å². The van der Waals surface area contributed by atoms with Gasteiger partial charge in [0.2, 0.25) is 0 Å². The van der Waals surface area contributed by atoms with Gasteiger partial charge in [0, 0.05) is 42.3 Å². The van der Waals surface area contributed by atoms with E-state index >= 15 is 0 Å². The summed E-state index contributed by atoms with van der Waals surface area (Å²) in [6, 6.07) is 11.5. The number of morpholine rings is 1. The summed E-state index contributed by atoms with van der Waals surface area (Å²) in [5.74, 6) is 0.843. The molecule has 2 aromatic rings. The quantitative estimate of drug-likeness (QED) is 0.712. The van der Waals surface area contributed by atoms with Crippen LogP contribution in [-0.4, -0.2) is 37.3 Å². The first-order valence-corrected chi connectivity index (χ1v) is 11.2. The highest BCUT2D eigenvalue weighted by Crippen LogP contribution is 2.23. The Morgan fingerprint density at radius 3 is 2.48 bits per heavy atom. The minimum absolute atomic E-state index is 0.222. The average molecular weight is 419 g/mol. The number of halogens is 1. The maximum atomic E-state index is 12.5. The van der Waals surface area contributed by atoms with Gasteiger partial charge in [-0.25, -0.2) is 9.37 Å². The molecule has 7 heteroatoms. The lowest BCUT2D eigenvalue weighted by Gasteiger charge is -2.27. The Bertz CT molecular complexity index is 719. The maximum absolute atomic E-state index is 12.5. The van der Waals surface area contributed by atoms with Gasteiger partial charge in [-0.1, -0.05) is 37.5 Å². The summed E-state index contributed by atoms with van der Waals surface area (Å²) in [4.78, 5) is 8.06. The van der Waals surface area contributed by atoms with E-state index in [0.717, 1.165) is 32.1 Å². The lowest BCUT2D eigenvalue weighted by molar-refractivity contribution is 0.122. The van der Waals surface area contributed by atoms with Crippen LogP contribution in [0.2, 0.25) is 0 Å². The average Bonchev–Trinajstić information content (AvgIpc) is 2.80. The first-order chi connectivity index (χ1) is 14.3. The van der Waals surface area contributed by atoms with Gasteiger partial charge in [-0.2, -0.15) is 0 Å². The van der Waals surface area contributed by atoms with Gasteiger partial charge in [0.05, 0.1) is 13.2 Å². The number of ether oxygens (including phenoxy) is 1. The highest BCUT2D eigenvalue weighted by Gasteiger charge is 2.14. The van der Waals surface area contributed by atoms with Gasteiger partial charge in [0.25, 0.3) is 0 Å². The molecule has 1 aliphatic heterocycles. The highest BCUT2D eigenvalue weighted by molar-refractivity contribution is 7.97. The zero-order chi connectivity index (χ0) is 20.3. The zero-order valence-electron chi connectivity index (χ0n) is 16.9. The number of rotatable bonds is 5. The molecule has 4 rings (SSSR count). The summed E-state index contributed by atoms with van der Waals surface area (Å²) < 4.78 is 21.5. The fourth-order valence-corrected chi connectivity index (χ4v) is 4.23. The van der Waals surface area contributed by atoms with Gasteiger partial charge in [-0.05, 0) is 43.0 Å². The molecule has 0 bridgehead atoms. The topological polar surface area (TPSA) is 63.4 Å². The van der Waals surface area contributed by atoms with Crippen LogP contribution in [0, 0.1) is 5.82 Å². The Labute approximate surface area is 177 Å². The second-order valence-electron chi connectivity index (χ2n) is 7.30. The Kier molecular flexibility index (Phi) is 9.21. The molecular weight excluding hydrogens is 387 g/mol. The molecule has 0 atom stereocenters. The third kappa shape index (κ3) is 7.26. The number of anilines is 1. The molecule has 1 saturated carbocycles. The maximum Gasteiger partial charge on any atom is 0.128 e. The van der Waals surface area contributed by atoms with Crippen molar-refractivity contribution < 1.29 is 9.13 Å². The second kappa shape index (κ2) is 12.1. The number of hydrogen-bond acceptors (Lipinski definition) is 6. The van der Waals surface area contributed by atoms with E-state index in [1.807, 2.05) is 6.20 Å². The van der Waals surface area contributed by atoms with Crippen LogP contribution in [0.25, 0.3) is 0 Å². The van der Waals surface area contributed by atoms with E-state index in [9.17, 15) is 4.39 Å². The Balaban J connectivity index is 0.000000224. The standard InChI is InChI=1S/C15H23N3OS.C7H8FN/c1-2-4-13(5-3-1)17-20-14-6-7-15(16-12-14)18-8-10-19-11-9-18;8-7-4-2-1-3-6(7)5-9/h6-7,12-13,17H,1-5,8-11H2;1-4H,5,9H2. The summed E-state index contributed by atoms with van der Waals surface area (Å²) in [6.45, 7) is 3.77. The Morgan fingerprint density at radius 1 is 1.10 bits per heavy atom. The molecule has 2 heterocycles. The molecule has 5 nitrogen and oxygen atoms in total. The van der Waals surface area contributed by atoms with E-state index in [0.29, 0.717) is 11.6 Å². The van der Waals surface area contributed by atoms with Crippen LogP contribution in [-0.2, 0) is 11.3 Å². The summed E-state index contributed by atoms with van der Waals surface area (Å²) in [6.07, 6.45) is 8.74. The van der Waals surface area contributed by atoms with Gasteiger partial charge in [0.15, 0.2) is 0 Å². The lowest BCUT2D eigenvalue weighted by atomic mass is 9.96. The van der Waals surface area contributed by atoms with E-state index in [1.165, 1.54) is 43.1 Å². The SMILES string of the molecule is NCc1ccccc1F.c1cc(N2CCOCC2)ncc1SNC1CCCCC1. The minimum atomic E-state index is -0.222. The number of nitrogens with one attached hydrogen (secondary N) is 1. The van der Waals surface area contributed by atoms with Crippen LogP contribution < -0.4 is 15.4 Å². The molecule has 158 valence electrons. The van der Waals surface area contributed by atoms with E-state index in [2.05, 4.69) is 26.7 Å². The third-order valence-electron chi connectivity index (χ3n) is 5.18. The zero-order valence-corrected chi connectivity index (χ0v) is 17.7. The molecule has 0 unspecified atom stereocenters. The Morgan fingerprint density at radius 2 is 1.86 bits per heavy atom. The van der Waals surface area contributed by atoms with E-state index in [1.54, 1.807) is 30.1 Å². The molecule has 1 aromatic carbocycles. The molecule has 0 radical (unpaired) electrons. The van der Waals surface area contributed by atoms with Gasteiger partial charge in [-0.3, -0.25) is 4.72 Å². The predicted molar refractivity (Wildman–Crippen MR) is 117 cm³/mol. The molecule has 0 amide bonds. The lowest BCUT2D eigenvalue weighted by Crippen LogP contribution is -2.36. The highest BCUT2D eigenvalue weighted by atomic mass is 32.2. The van der Waals surface area contributed by atoms with Crippen molar-refractivity contribution in [3.8, 4) is 0 Å². The van der Waals surface area contributed by atoms with Crippen molar-refractivity contribution in [1.29, 1.82) is 0 Å². The predicted octanol–water partition coefficient (Wildman–Crippen LogP) is 4.13. The molecule has 1 aromatic heterocycles. The van der Waals surface area contributed by atoms with Crippen LogP contribution in [0.4, 0.5) is 10.2 Å². The largest absolute Gasteiger partial charge is 0.378 e. The van der Waals surface area contributed by atoms with Crippen molar-refractivity contribution in [3.05, 3.63) is 54.0 Å². The fourth-order valence-electron chi connectivity index (χ4n) is 3.45. The minimum Gasteiger partial charge on any atom is -0.378 e. The summed E-state index contributed by atoms with van der Waals surface area (Å²) >= 11 is 1.73. The van der Waals surface area contributed by atoms with Gasteiger partial charge >= 0.3 is 0 Å². The number of nitrogens with zero attached hydrogens (tertiary/aromatic N) is 2. The van der Waals surface area contributed by atoms with Crippen LogP contribution >= 0.6 is 11.9 Å². The van der Waals surface area contributed by atoms with Crippen LogP contribution in [0.1, 0.15) is 37.7 Å². The molecule has 29 heavy (non-hydrogen) atoms. The molecule has 1 saturated heterocycles. The first-order valence-electron chi connectivity index (χ1n) is 10.4. The third-order valence-corrected chi connectivity index (χ3v) is 6.11. The van der Waals surface area contributed by atoms with E-state index in [4.69, 9.17) is 10.5 Å². The van der Waals surface area contributed by atoms with Crippen molar-refractivity contribution in [2.75, 3.05) is 31.2 Å². The number of aromatic nitrogens is 1. The normalized spacial score (nSPS) is 17.5. The van der Waals surface area contributed by atoms with Crippen LogP contribution in [0.15, 0.2) is 47.5 Å². The molecule has 2 fully saturated rings. The van der Waals surface area contributed by atoms with Gasteiger partial charge in [0.1, 0.15) is 11.6 Å². The number of benzene rings is 1. The number of nitrogens with two attached hydrogens (primary N) is 1. The van der Waals surface area contributed by atoms with Gasteiger partial charge < -0.3 is 15.4 Å². The molecule has 0 spiro atoms. The van der Waals surface area contributed by atoms with E-state index < -0.39 is 0 Å². The van der Waals surface area contributed by atoms with Crippen molar-refractivity contribution in [2.24, 2.45) is 5.73 Å². The monoisotopic (exact) mass is 418 g/mol. The van der Waals surface area contributed by atoms with Crippen molar-refractivity contribution >= 4 is 17.8 Å². The summed E-state index contributed by atoms with van der Waals surface area (Å²) in [5.41, 5.74) is 5.78. The summed E-state index contributed by atoms with van der Waals surface area (Å²) in [7, 11) is 0.